The predicted octanol–water partition coefficient (Wildman–Crippen LogP) is 10.9. The summed E-state index contributed by atoms with van der Waals surface area (Å²) in [6.07, 6.45) is 0. The minimum atomic E-state index is -0.533. The maximum absolute atomic E-state index is 6.58. The van der Waals surface area contributed by atoms with Crippen molar-refractivity contribution in [1.29, 1.82) is 0 Å². The third-order valence-electron chi connectivity index (χ3n) is 10.5. The first-order valence-electron chi connectivity index (χ1n) is 16.7. The van der Waals surface area contributed by atoms with Gasteiger partial charge in [-0.05, 0) is 58.7 Å². The molecular formula is C45H27N3O. The highest BCUT2D eigenvalue weighted by molar-refractivity contribution is 6.12. The molecule has 4 nitrogen and oxygen atoms in total. The second-order valence-electron chi connectivity index (χ2n) is 12.9. The van der Waals surface area contributed by atoms with Gasteiger partial charge in [0.15, 0.2) is 0 Å². The molecule has 2 aliphatic rings. The van der Waals surface area contributed by atoms with E-state index in [1.165, 1.54) is 27.6 Å². The van der Waals surface area contributed by atoms with Crippen LogP contribution in [0.4, 0.5) is 0 Å². The summed E-state index contributed by atoms with van der Waals surface area (Å²) < 4.78 is 8.83. The summed E-state index contributed by atoms with van der Waals surface area (Å²) in [5.74, 6) is 2.44. The van der Waals surface area contributed by atoms with Crippen LogP contribution in [0.15, 0.2) is 164 Å². The Hall–Kier alpha value is -6.52. The first-order valence-corrected chi connectivity index (χ1v) is 16.7. The molecule has 0 bridgehead atoms. The van der Waals surface area contributed by atoms with Gasteiger partial charge < -0.3 is 4.74 Å². The third-order valence-corrected chi connectivity index (χ3v) is 10.5. The fourth-order valence-corrected chi connectivity index (χ4v) is 8.51. The van der Waals surface area contributed by atoms with E-state index in [1.54, 1.807) is 0 Å². The summed E-state index contributed by atoms with van der Waals surface area (Å²) in [4.78, 5) is 10.6. The van der Waals surface area contributed by atoms with E-state index in [-0.39, 0.29) is 0 Å². The highest BCUT2D eigenvalue weighted by Crippen LogP contribution is 2.62. The van der Waals surface area contributed by atoms with Crippen molar-refractivity contribution in [2.75, 3.05) is 0 Å². The maximum atomic E-state index is 6.58. The summed E-state index contributed by atoms with van der Waals surface area (Å²) in [7, 11) is 0. The summed E-state index contributed by atoms with van der Waals surface area (Å²) in [6, 6.07) is 58.1. The van der Waals surface area contributed by atoms with Crippen molar-refractivity contribution in [3.8, 4) is 39.8 Å². The molecule has 0 saturated carbocycles. The monoisotopic (exact) mass is 625 g/mol. The quantitative estimate of drug-likeness (QED) is 0.192. The van der Waals surface area contributed by atoms with Crippen molar-refractivity contribution in [2.45, 2.75) is 5.41 Å². The van der Waals surface area contributed by atoms with Crippen molar-refractivity contribution < 1.29 is 4.74 Å². The van der Waals surface area contributed by atoms with E-state index in [0.717, 1.165) is 61.2 Å². The molecule has 1 aliphatic carbocycles. The summed E-state index contributed by atoms with van der Waals surface area (Å²) in [5, 5.41) is 3.37. The van der Waals surface area contributed by atoms with E-state index >= 15 is 0 Å². The van der Waals surface area contributed by atoms with Crippen molar-refractivity contribution >= 4 is 32.7 Å². The van der Waals surface area contributed by atoms with E-state index in [9.17, 15) is 0 Å². The minimum absolute atomic E-state index is 0.533. The number of hydrogen-bond acceptors (Lipinski definition) is 3. The van der Waals surface area contributed by atoms with E-state index < -0.39 is 5.41 Å². The van der Waals surface area contributed by atoms with Crippen LogP contribution in [-0.4, -0.2) is 14.5 Å². The highest BCUT2D eigenvalue weighted by atomic mass is 16.5. The molecule has 49 heavy (non-hydrogen) atoms. The number of benzene rings is 7. The van der Waals surface area contributed by atoms with E-state index in [1.807, 2.05) is 12.1 Å². The van der Waals surface area contributed by atoms with Crippen LogP contribution in [0.3, 0.4) is 0 Å². The van der Waals surface area contributed by atoms with Gasteiger partial charge in [0.05, 0.1) is 27.7 Å². The molecule has 1 spiro atoms. The zero-order chi connectivity index (χ0) is 32.1. The Kier molecular flexibility index (Phi) is 5.28. The summed E-state index contributed by atoms with van der Waals surface area (Å²) in [6.45, 7) is 0. The van der Waals surface area contributed by atoms with Crippen molar-refractivity contribution in [3.63, 3.8) is 0 Å². The Morgan fingerprint density at radius 2 is 1.08 bits per heavy atom. The lowest BCUT2D eigenvalue weighted by Crippen LogP contribution is -2.32. The molecule has 0 atom stereocenters. The molecule has 4 heteroatoms. The number of para-hydroxylation sites is 4. The smallest absolute Gasteiger partial charge is 0.235 e. The lowest BCUT2D eigenvalue weighted by molar-refractivity contribution is 0.436. The van der Waals surface area contributed by atoms with Gasteiger partial charge in [-0.25, -0.2) is 9.97 Å². The zero-order valence-corrected chi connectivity index (χ0v) is 26.3. The number of aromatic nitrogens is 3. The normalized spacial score (nSPS) is 13.6. The average molecular weight is 626 g/mol. The molecule has 0 N–H and O–H groups in total. The van der Waals surface area contributed by atoms with Gasteiger partial charge in [-0.3, -0.25) is 4.57 Å². The molecule has 0 unspecified atom stereocenters. The van der Waals surface area contributed by atoms with Crippen molar-refractivity contribution in [1.82, 2.24) is 14.5 Å². The SMILES string of the molecule is c1ccc(-c2nc(-n3c4ccccc4c4cc5c(cc43)-c3ccccc3C53c4ccccc4Oc4ccccc43)nc3ccccc23)cc1. The average Bonchev–Trinajstić information content (AvgIpc) is 3.64. The maximum Gasteiger partial charge on any atom is 0.235 e. The molecule has 0 saturated heterocycles. The van der Waals surface area contributed by atoms with Crippen LogP contribution in [0.5, 0.6) is 11.5 Å². The van der Waals surface area contributed by atoms with Gasteiger partial charge in [0.25, 0.3) is 0 Å². The number of hydrogen-bond donors (Lipinski definition) is 0. The van der Waals surface area contributed by atoms with Gasteiger partial charge in [0, 0.05) is 32.8 Å². The lowest BCUT2D eigenvalue weighted by Gasteiger charge is -2.39. The Morgan fingerprint density at radius 1 is 0.449 bits per heavy atom. The van der Waals surface area contributed by atoms with Crippen LogP contribution in [0, 0.1) is 0 Å². The summed E-state index contributed by atoms with van der Waals surface area (Å²) >= 11 is 0. The van der Waals surface area contributed by atoms with Crippen molar-refractivity contribution in [2.24, 2.45) is 0 Å². The number of nitrogens with zero attached hydrogens (tertiary/aromatic N) is 3. The molecule has 0 fully saturated rings. The van der Waals surface area contributed by atoms with E-state index in [0.29, 0.717) is 5.95 Å². The van der Waals surface area contributed by atoms with E-state index in [2.05, 4.69) is 156 Å². The minimum Gasteiger partial charge on any atom is -0.457 e. The standard InChI is InChI=1S/C45H27N3O/c1-2-14-28(15-3-1)43-31-18-5-10-22-38(31)46-44(47-43)48-39-23-11-6-17-30(39)33-26-37-32(27-40(33)48)29-16-4-7-19-34(29)45(37)35-20-8-12-24-41(35)49-42-25-13-9-21-36(42)45/h1-27H. The molecule has 2 aromatic heterocycles. The van der Waals surface area contributed by atoms with Crippen LogP contribution in [0.2, 0.25) is 0 Å². The Balaban J connectivity index is 1.28. The van der Waals surface area contributed by atoms with Crippen LogP contribution in [0.1, 0.15) is 22.3 Å². The van der Waals surface area contributed by atoms with Gasteiger partial charge in [-0.2, -0.15) is 0 Å². The number of ether oxygens (including phenoxy) is 1. The largest absolute Gasteiger partial charge is 0.457 e. The zero-order valence-electron chi connectivity index (χ0n) is 26.3. The van der Waals surface area contributed by atoms with E-state index in [4.69, 9.17) is 14.7 Å². The number of fused-ring (bicyclic) bond motifs is 13. The van der Waals surface area contributed by atoms with Gasteiger partial charge in [-0.15, -0.1) is 0 Å². The Labute approximate surface area is 282 Å². The fourth-order valence-electron chi connectivity index (χ4n) is 8.51. The molecule has 3 heterocycles. The van der Waals surface area contributed by atoms with Crippen molar-refractivity contribution in [3.05, 3.63) is 186 Å². The third kappa shape index (κ3) is 3.47. The molecular weight excluding hydrogens is 599 g/mol. The Bertz CT molecular complexity index is 2770. The first-order chi connectivity index (χ1) is 24.3. The predicted molar refractivity (Wildman–Crippen MR) is 197 cm³/mol. The lowest BCUT2D eigenvalue weighted by atomic mass is 9.66. The van der Waals surface area contributed by atoms with Crippen LogP contribution >= 0.6 is 0 Å². The van der Waals surface area contributed by atoms with Gasteiger partial charge in [-0.1, -0.05) is 127 Å². The van der Waals surface area contributed by atoms with Gasteiger partial charge in [0.2, 0.25) is 5.95 Å². The summed E-state index contributed by atoms with van der Waals surface area (Å²) in [5.41, 5.74) is 11.8. The molecule has 1 aliphatic heterocycles. The molecule has 0 amide bonds. The molecule has 9 aromatic rings. The van der Waals surface area contributed by atoms with Crippen LogP contribution < -0.4 is 4.74 Å². The van der Waals surface area contributed by atoms with Crippen LogP contribution in [-0.2, 0) is 5.41 Å². The second-order valence-corrected chi connectivity index (χ2v) is 12.9. The molecule has 7 aromatic carbocycles. The van der Waals surface area contributed by atoms with Gasteiger partial charge >= 0.3 is 0 Å². The first kappa shape index (κ1) is 26.5. The highest BCUT2D eigenvalue weighted by Gasteiger charge is 2.51. The molecule has 228 valence electrons. The fraction of sp³-hybridized carbons (Fsp3) is 0.0222. The van der Waals surface area contributed by atoms with Gasteiger partial charge in [0.1, 0.15) is 11.5 Å². The second kappa shape index (κ2) is 9.75. The molecule has 0 radical (unpaired) electrons. The Morgan fingerprint density at radius 3 is 1.88 bits per heavy atom. The van der Waals surface area contributed by atoms with Crippen LogP contribution in [0.25, 0.3) is 61.0 Å². The number of rotatable bonds is 2. The molecule has 11 rings (SSSR count). The topological polar surface area (TPSA) is 39.9 Å².